The van der Waals surface area contributed by atoms with E-state index in [1.807, 2.05) is 0 Å². The average Bonchev–Trinajstić information content (AvgIpc) is 3.47. The van der Waals surface area contributed by atoms with Crippen molar-refractivity contribution < 1.29 is 9.53 Å². The lowest BCUT2D eigenvalue weighted by atomic mass is 9.67. The van der Waals surface area contributed by atoms with Crippen molar-refractivity contribution in [3.8, 4) is 11.4 Å². The molecule has 1 amide bonds. The van der Waals surface area contributed by atoms with Crippen molar-refractivity contribution in [1.29, 1.82) is 0 Å². The van der Waals surface area contributed by atoms with E-state index in [1.165, 1.54) is 18.4 Å². The zero-order chi connectivity index (χ0) is 27.0. The van der Waals surface area contributed by atoms with Crippen molar-refractivity contribution in [2.75, 3.05) is 26.3 Å². The van der Waals surface area contributed by atoms with Crippen LogP contribution in [0, 0.1) is 30.2 Å². The number of hydrogen-bond acceptors (Lipinski definition) is 3. The van der Waals surface area contributed by atoms with Crippen molar-refractivity contribution in [2.45, 2.75) is 66.2 Å². The summed E-state index contributed by atoms with van der Waals surface area (Å²) in [6.07, 6.45) is 4.26. The molecular formula is C31H41N5O2. The fraction of sp³-hybridized carbons (Fsp3) is 0.581. The van der Waals surface area contributed by atoms with E-state index < -0.39 is 0 Å². The number of H-pyrrole nitrogens is 1. The molecule has 1 aliphatic carbocycles. The van der Waals surface area contributed by atoms with Gasteiger partial charge in [0.15, 0.2) is 5.82 Å². The second-order valence-electron chi connectivity index (χ2n) is 11.8. The summed E-state index contributed by atoms with van der Waals surface area (Å²) in [5, 5.41) is 3.41. The summed E-state index contributed by atoms with van der Waals surface area (Å²) in [5.74, 6) is 3.41. The first-order valence-corrected chi connectivity index (χ1v) is 14.3. The lowest BCUT2D eigenvalue weighted by Gasteiger charge is -2.38. The van der Waals surface area contributed by atoms with Gasteiger partial charge in [-0.2, -0.15) is 0 Å². The van der Waals surface area contributed by atoms with Crippen molar-refractivity contribution >= 4 is 17.2 Å². The SMILES string of the molecule is [C-]#[N+]c1c(CC2C(C)CC(C)CC2C)c2nc(-c3ccc(C(C)CC)cc3)[nH]n2c1C(=O)N1CCOCC1. The summed E-state index contributed by atoms with van der Waals surface area (Å²) in [7, 11) is 0. The molecule has 3 unspecified atom stereocenters. The van der Waals surface area contributed by atoms with Crippen molar-refractivity contribution in [2.24, 2.45) is 23.7 Å². The first kappa shape index (κ1) is 26.5. The predicted molar refractivity (Wildman–Crippen MR) is 151 cm³/mol. The van der Waals surface area contributed by atoms with Gasteiger partial charge in [0.05, 0.1) is 19.8 Å². The molecule has 3 atom stereocenters. The van der Waals surface area contributed by atoms with Crippen molar-refractivity contribution in [1.82, 2.24) is 19.5 Å². The number of ether oxygens (including phenoxy) is 1. The molecular weight excluding hydrogens is 474 g/mol. The molecule has 2 aromatic heterocycles. The second kappa shape index (κ2) is 10.9. The Bertz CT molecular complexity index is 1310. The maximum Gasteiger partial charge on any atom is 0.261 e. The number of nitrogens with one attached hydrogen (secondary N) is 1. The zero-order valence-corrected chi connectivity index (χ0v) is 23.5. The molecule has 1 aliphatic heterocycles. The van der Waals surface area contributed by atoms with E-state index in [-0.39, 0.29) is 5.91 Å². The highest BCUT2D eigenvalue weighted by molar-refractivity contribution is 6.01. The molecule has 1 aromatic carbocycles. The summed E-state index contributed by atoms with van der Waals surface area (Å²) < 4.78 is 7.27. The second-order valence-corrected chi connectivity index (χ2v) is 11.8. The third-order valence-electron chi connectivity index (χ3n) is 9.08. The van der Waals surface area contributed by atoms with Crippen LogP contribution in [0.4, 0.5) is 5.69 Å². The van der Waals surface area contributed by atoms with E-state index in [2.05, 4.69) is 68.8 Å². The monoisotopic (exact) mass is 515 g/mol. The molecule has 3 aromatic rings. The minimum Gasteiger partial charge on any atom is -0.378 e. The van der Waals surface area contributed by atoms with Gasteiger partial charge in [0, 0.05) is 24.2 Å². The summed E-state index contributed by atoms with van der Waals surface area (Å²) in [6.45, 7) is 21.7. The number of rotatable bonds is 6. The molecule has 1 saturated heterocycles. The molecule has 202 valence electrons. The van der Waals surface area contributed by atoms with Crippen LogP contribution < -0.4 is 0 Å². The number of carbonyl (C=O) groups excluding carboxylic acids is 1. The molecule has 7 nitrogen and oxygen atoms in total. The maximum absolute atomic E-state index is 13.8. The van der Waals surface area contributed by atoms with Gasteiger partial charge in [0.2, 0.25) is 5.69 Å². The number of hydrogen-bond donors (Lipinski definition) is 1. The fourth-order valence-electron chi connectivity index (χ4n) is 6.73. The van der Waals surface area contributed by atoms with Crippen LogP contribution in [-0.2, 0) is 11.2 Å². The van der Waals surface area contributed by atoms with Crippen LogP contribution in [0.1, 0.15) is 81.4 Å². The maximum atomic E-state index is 13.8. The normalized spacial score (nSPS) is 24.9. The Morgan fingerprint density at radius 2 is 1.82 bits per heavy atom. The van der Waals surface area contributed by atoms with Gasteiger partial charge < -0.3 is 9.64 Å². The molecule has 0 radical (unpaired) electrons. The number of morpholine rings is 1. The van der Waals surface area contributed by atoms with Gasteiger partial charge >= 0.3 is 0 Å². The Labute approximate surface area is 226 Å². The number of aromatic amines is 1. The molecule has 0 bridgehead atoms. The van der Waals surface area contributed by atoms with Crippen LogP contribution in [0.2, 0.25) is 0 Å². The topological polar surface area (TPSA) is 67.0 Å². The molecule has 0 spiro atoms. The number of carbonyl (C=O) groups is 1. The smallest absolute Gasteiger partial charge is 0.261 e. The first-order chi connectivity index (χ1) is 18.3. The van der Waals surface area contributed by atoms with Gasteiger partial charge in [-0.25, -0.2) is 14.3 Å². The zero-order valence-electron chi connectivity index (χ0n) is 23.5. The Hall–Kier alpha value is -3.11. The molecule has 1 saturated carbocycles. The molecule has 5 rings (SSSR count). The van der Waals surface area contributed by atoms with Crippen LogP contribution in [0.25, 0.3) is 21.9 Å². The standard InChI is InChI=1S/C31H41N5O2/c1-7-20(3)23-8-10-24(11-9-23)29-33-30-26(18-25-21(4)16-19(2)17-22(25)5)27(32-6)28(36(30)34-29)31(37)35-12-14-38-15-13-35/h8-11,19-22,25H,7,12-18H2,1-5H3,(H,33,34). The molecule has 1 N–H and O–H groups in total. The third-order valence-corrected chi connectivity index (χ3v) is 9.08. The summed E-state index contributed by atoms with van der Waals surface area (Å²) in [4.78, 5) is 24.6. The number of nitrogens with zero attached hydrogens (tertiary/aromatic N) is 4. The fourth-order valence-corrected chi connectivity index (χ4v) is 6.73. The minimum absolute atomic E-state index is 0.124. The van der Waals surface area contributed by atoms with E-state index in [1.54, 1.807) is 9.42 Å². The number of fused-ring (bicyclic) bond motifs is 1. The largest absolute Gasteiger partial charge is 0.378 e. The van der Waals surface area contributed by atoms with E-state index >= 15 is 0 Å². The first-order valence-electron chi connectivity index (χ1n) is 14.3. The molecule has 2 fully saturated rings. The molecule has 7 heteroatoms. The van der Waals surface area contributed by atoms with E-state index in [9.17, 15) is 4.79 Å². The molecule has 2 aliphatic rings. The van der Waals surface area contributed by atoms with Crippen LogP contribution in [0.5, 0.6) is 0 Å². The third kappa shape index (κ3) is 4.87. The van der Waals surface area contributed by atoms with Gasteiger partial charge in [0.1, 0.15) is 11.3 Å². The highest BCUT2D eigenvalue weighted by Gasteiger charge is 2.36. The Morgan fingerprint density at radius 1 is 1.16 bits per heavy atom. The van der Waals surface area contributed by atoms with E-state index in [0.29, 0.717) is 67.0 Å². The van der Waals surface area contributed by atoms with Gasteiger partial charge in [0.25, 0.3) is 5.91 Å². The Kier molecular flexibility index (Phi) is 7.63. The highest BCUT2D eigenvalue weighted by Crippen LogP contribution is 2.43. The molecule has 3 heterocycles. The number of aromatic nitrogens is 3. The minimum atomic E-state index is -0.124. The predicted octanol–water partition coefficient (Wildman–Crippen LogP) is 6.73. The van der Waals surface area contributed by atoms with Crippen molar-refractivity contribution in [3.63, 3.8) is 0 Å². The Morgan fingerprint density at radius 3 is 2.42 bits per heavy atom. The van der Waals surface area contributed by atoms with Gasteiger partial charge in [-0.15, -0.1) is 0 Å². The number of amides is 1. The Balaban J connectivity index is 1.60. The van der Waals surface area contributed by atoms with E-state index in [0.717, 1.165) is 35.7 Å². The van der Waals surface area contributed by atoms with Crippen LogP contribution >= 0.6 is 0 Å². The van der Waals surface area contributed by atoms with Crippen LogP contribution in [0.3, 0.4) is 0 Å². The average molecular weight is 516 g/mol. The summed E-state index contributed by atoms with van der Waals surface area (Å²) >= 11 is 0. The van der Waals surface area contributed by atoms with Gasteiger partial charge in [-0.3, -0.25) is 9.89 Å². The lowest BCUT2D eigenvalue weighted by Crippen LogP contribution is -2.41. The quantitative estimate of drug-likeness (QED) is 0.370. The summed E-state index contributed by atoms with van der Waals surface area (Å²) in [6, 6.07) is 8.54. The highest BCUT2D eigenvalue weighted by atomic mass is 16.5. The summed E-state index contributed by atoms with van der Waals surface area (Å²) in [5.41, 5.74) is 4.78. The van der Waals surface area contributed by atoms with E-state index in [4.69, 9.17) is 16.3 Å². The lowest BCUT2D eigenvalue weighted by molar-refractivity contribution is 0.0298. The van der Waals surface area contributed by atoms with Gasteiger partial charge in [-0.1, -0.05) is 58.9 Å². The van der Waals surface area contributed by atoms with Crippen LogP contribution in [-0.4, -0.2) is 51.7 Å². The van der Waals surface area contributed by atoms with Gasteiger partial charge in [-0.05, 0) is 60.8 Å². The van der Waals surface area contributed by atoms with Crippen molar-refractivity contribution in [3.05, 3.63) is 52.5 Å². The number of benzene rings is 1. The molecule has 38 heavy (non-hydrogen) atoms. The van der Waals surface area contributed by atoms with Crippen LogP contribution in [0.15, 0.2) is 24.3 Å².